The second-order valence-corrected chi connectivity index (χ2v) is 10.7. The molecule has 0 spiro atoms. The summed E-state index contributed by atoms with van der Waals surface area (Å²) in [7, 11) is 0. The van der Waals surface area contributed by atoms with Gasteiger partial charge in [-0.15, -0.1) is 0 Å². The van der Waals surface area contributed by atoms with Crippen LogP contribution < -0.4 is 0 Å². The molecule has 3 aliphatic rings. The molecule has 0 aliphatic heterocycles. The van der Waals surface area contributed by atoms with Crippen LogP contribution in [0.1, 0.15) is 88.7 Å². The molecule has 0 unspecified atom stereocenters. The van der Waals surface area contributed by atoms with Crippen LogP contribution in [0.25, 0.3) is 22.3 Å². The third kappa shape index (κ3) is 4.24. The lowest BCUT2D eigenvalue weighted by molar-refractivity contribution is -0.00421. The topological polar surface area (TPSA) is 9.23 Å². The normalized spacial score (nSPS) is 26.5. The predicted molar refractivity (Wildman–Crippen MR) is 127 cm³/mol. The van der Waals surface area contributed by atoms with E-state index in [0.29, 0.717) is 34.6 Å². The zero-order valence-corrected chi connectivity index (χ0v) is 19.9. The van der Waals surface area contributed by atoms with Crippen molar-refractivity contribution in [3.63, 3.8) is 0 Å². The van der Waals surface area contributed by atoms with E-state index < -0.39 is 17.5 Å². The zero-order chi connectivity index (χ0) is 23.1. The Kier molecular flexibility index (Phi) is 6.57. The number of rotatable bonds is 6. The van der Waals surface area contributed by atoms with Crippen molar-refractivity contribution in [1.82, 2.24) is 0 Å². The lowest BCUT2D eigenvalue weighted by atomic mass is 9.74. The first-order valence-electron chi connectivity index (χ1n) is 12.9. The van der Waals surface area contributed by atoms with Crippen LogP contribution in [0.3, 0.4) is 0 Å². The molecule has 2 aromatic rings. The molecule has 2 aromatic carbocycles. The van der Waals surface area contributed by atoms with Crippen LogP contribution in [0.15, 0.2) is 18.2 Å². The molecule has 2 saturated carbocycles. The summed E-state index contributed by atoms with van der Waals surface area (Å²) in [6.45, 7) is 5.15. The van der Waals surface area contributed by atoms with Crippen LogP contribution in [-0.4, -0.2) is 12.7 Å². The number of benzene rings is 2. The second-order valence-electron chi connectivity index (χ2n) is 10.7. The van der Waals surface area contributed by atoms with E-state index in [-0.39, 0.29) is 23.1 Å². The highest BCUT2D eigenvalue weighted by atomic mass is 19.2. The second kappa shape index (κ2) is 9.44. The molecule has 0 atom stereocenters. The average Bonchev–Trinajstić information content (AvgIpc) is 2.81. The van der Waals surface area contributed by atoms with Crippen molar-refractivity contribution in [2.45, 2.75) is 90.1 Å². The number of fused-ring (bicyclic) bond motifs is 4. The summed E-state index contributed by atoms with van der Waals surface area (Å²) >= 11 is 0. The van der Waals surface area contributed by atoms with Gasteiger partial charge < -0.3 is 4.74 Å². The molecule has 33 heavy (non-hydrogen) atoms. The quantitative estimate of drug-likeness (QED) is 0.361. The maximum Gasteiger partial charge on any atom is 0.167 e. The van der Waals surface area contributed by atoms with Gasteiger partial charge >= 0.3 is 0 Å². The number of halogens is 3. The first kappa shape index (κ1) is 23.0. The van der Waals surface area contributed by atoms with Gasteiger partial charge in [-0.1, -0.05) is 45.2 Å². The van der Waals surface area contributed by atoms with Gasteiger partial charge in [0.2, 0.25) is 0 Å². The number of ether oxygens (including phenoxy) is 1. The van der Waals surface area contributed by atoms with Gasteiger partial charge in [0.25, 0.3) is 0 Å². The summed E-state index contributed by atoms with van der Waals surface area (Å²) in [5, 5.41) is 0. The van der Waals surface area contributed by atoms with E-state index in [2.05, 4.69) is 6.92 Å². The number of aryl methyl sites for hydroxylation is 1. The van der Waals surface area contributed by atoms with Crippen molar-refractivity contribution in [1.29, 1.82) is 0 Å². The maximum atomic E-state index is 15.1. The van der Waals surface area contributed by atoms with Crippen LogP contribution in [0.2, 0.25) is 0 Å². The van der Waals surface area contributed by atoms with Gasteiger partial charge in [-0.2, -0.15) is 0 Å². The van der Waals surface area contributed by atoms with Crippen molar-refractivity contribution >= 4 is 0 Å². The van der Waals surface area contributed by atoms with E-state index in [0.717, 1.165) is 44.6 Å². The molecule has 178 valence electrons. The highest BCUT2D eigenvalue weighted by molar-refractivity contribution is 6.03. The molecule has 0 heterocycles. The van der Waals surface area contributed by atoms with E-state index in [1.807, 2.05) is 13.0 Å². The van der Waals surface area contributed by atoms with Crippen LogP contribution in [0.4, 0.5) is 13.2 Å². The SMILES string of the molecule is CCCc1ccc2c(c1F)-c1c-2cc(C2CCC(OCC3CCC(C)CC3)CC2)c(F)c1F. The van der Waals surface area contributed by atoms with Gasteiger partial charge in [0.05, 0.1) is 6.10 Å². The highest BCUT2D eigenvalue weighted by Gasteiger charge is 2.36. The lowest BCUT2D eigenvalue weighted by Crippen LogP contribution is -2.25. The van der Waals surface area contributed by atoms with Crippen molar-refractivity contribution in [2.75, 3.05) is 6.61 Å². The maximum absolute atomic E-state index is 15.1. The van der Waals surface area contributed by atoms with Gasteiger partial charge in [-0.05, 0) is 91.0 Å². The third-order valence-electron chi connectivity index (χ3n) is 8.33. The van der Waals surface area contributed by atoms with Gasteiger partial charge in [0, 0.05) is 17.7 Å². The molecular formula is C29H35F3O. The van der Waals surface area contributed by atoms with Gasteiger partial charge in [-0.3, -0.25) is 0 Å². The first-order valence-corrected chi connectivity index (χ1v) is 12.9. The molecule has 0 aromatic heterocycles. The molecule has 0 saturated heterocycles. The Labute approximate surface area is 195 Å². The van der Waals surface area contributed by atoms with E-state index in [1.54, 1.807) is 12.1 Å². The van der Waals surface area contributed by atoms with Gasteiger partial charge in [-0.25, -0.2) is 13.2 Å². The minimum atomic E-state index is -0.882. The molecule has 0 amide bonds. The Bertz CT molecular complexity index is 1010. The zero-order valence-electron chi connectivity index (χ0n) is 19.9. The molecule has 0 radical (unpaired) electrons. The van der Waals surface area contributed by atoms with Crippen molar-refractivity contribution in [2.24, 2.45) is 11.8 Å². The standard InChI is InChI=1S/C29H35F3O/c1-3-4-20-11-14-22-24-15-23(28(31)29(32)26(24)25(22)27(20)30)19-9-12-21(13-10-19)33-16-18-7-5-17(2)6-8-18/h11,14-15,17-19,21H,3-10,12-13,16H2,1-2H3. The number of hydrogen-bond donors (Lipinski definition) is 0. The Hall–Kier alpha value is -1.81. The molecule has 5 rings (SSSR count). The summed E-state index contributed by atoms with van der Waals surface area (Å²) in [5.41, 5.74) is 2.78. The minimum Gasteiger partial charge on any atom is -0.378 e. The Morgan fingerprint density at radius 2 is 1.52 bits per heavy atom. The molecule has 0 bridgehead atoms. The Balaban J connectivity index is 1.26. The monoisotopic (exact) mass is 456 g/mol. The fraction of sp³-hybridized carbons (Fsp3) is 0.586. The van der Waals surface area contributed by atoms with Crippen molar-refractivity contribution in [3.8, 4) is 22.3 Å². The van der Waals surface area contributed by atoms with Crippen LogP contribution in [0, 0.1) is 29.3 Å². The molecule has 4 heteroatoms. The van der Waals surface area contributed by atoms with Crippen LogP contribution in [0.5, 0.6) is 0 Å². The van der Waals surface area contributed by atoms with E-state index in [4.69, 9.17) is 4.74 Å². The molecule has 2 fully saturated rings. The molecule has 1 nitrogen and oxygen atoms in total. The largest absolute Gasteiger partial charge is 0.378 e. The Morgan fingerprint density at radius 3 is 2.21 bits per heavy atom. The average molecular weight is 457 g/mol. The van der Waals surface area contributed by atoms with Gasteiger partial charge in [0.1, 0.15) is 5.82 Å². The fourth-order valence-corrected chi connectivity index (χ4v) is 6.20. The van der Waals surface area contributed by atoms with E-state index in [1.165, 1.54) is 25.7 Å². The summed E-state index contributed by atoms with van der Waals surface area (Å²) in [5.74, 6) is -0.548. The smallest absolute Gasteiger partial charge is 0.167 e. The van der Waals surface area contributed by atoms with E-state index in [9.17, 15) is 4.39 Å². The highest BCUT2D eigenvalue weighted by Crippen LogP contribution is 2.53. The summed E-state index contributed by atoms with van der Waals surface area (Å²) < 4.78 is 51.4. The molecule has 0 N–H and O–H groups in total. The number of hydrogen-bond acceptors (Lipinski definition) is 1. The summed E-state index contributed by atoms with van der Waals surface area (Å²) in [6.07, 6.45) is 10.1. The molecule has 3 aliphatic carbocycles. The summed E-state index contributed by atoms with van der Waals surface area (Å²) in [6, 6.07) is 5.44. The lowest BCUT2D eigenvalue weighted by Gasteiger charge is -2.33. The van der Waals surface area contributed by atoms with Crippen molar-refractivity contribution < 1.29 is 17.9 Å². The van der Waals surface area contributed by atoms with Crippen LogP contribution >= 0.6 is 0 Å². The minimum absolute atomic E-state index is 0.00607. The first-order chi connectivity index (χ1) is 16.0. The summed E-state index contributed by atoms with van der Waals surface area (Å²) in [4.78, 5) is 0. The predicted octanol–water partition coefficient (Wildman–Crippen LogP) is 8.57. The Morgan fingerprint density at radius 1 is 0.818 bits per heavy atom. The third-order valence-corrected chi connectivity index (χ3v) is 8.33. The van der Waals surface area contributed by atoms with Gasteiger partial charge in [0.15, 0.2) is 11.6 Å². The van der Waals surface area contributed by atoms with Crippen LogP contribution in [-0.2, 0) is 11.2 Å². The van der Waals surface area contributed by atoms with E-state index >= 15 is 8.78 Å². The molecular weight excluding hydrogens is 421 g/mol. The van der Waals surface area contributed by atoms with Crippen molar-refractivity contribution in [3.05, 3.63) is 46.8 Å². The fourth-order valence-electron chi connectivity index (χ4n) is 6.20.